The van der Waals surface area contributed by atoms with E-state index in [0.717, 1.165) is 51.4 Å². The minimum Gasteiger partial charge on any atom is -0.756 e. The first-order chi connectivity index (χ1) is 25.1. The zero-order chi connectivity index (χ0) is 38.5. The number of rotatable bonds is 39. The van der Waals surface area contributed by atoms with Gasteiger partial charge in [-0.2, -0.15) is 0 Å². The van der Waals surface area contributed by atoms with Crippen molar-refractivity contribution in [3.05, 3.63) is 12.2 Å². The molecule has 0 aliphatic heterocycles. The van der Waals surface area contributed by atoms with Crippen LogP contribution in [0.15, 0.2) is 12.2 Å². The lowest BCUT2D eigenvalue weighted by Crippen LogP contribution is -2.70. The Hall–Kier alpha value is -1.78. The second-order valence-electron chi connectivity index (χ2n) is 14.2. The Morgan fingerprint density at radius 1 is 0.577 bits per heavy atom. The molecule has 0 fully saturated rings. The third-order valence-electron chi connectivity index (χ3n) is 9.04. The molecule has 0 radical (unpaired) electrons. The Labute approximate surface area is 316 Å². The van der Waals surface area contributed by atoms with Crippen LogP contribution in [0.2, 0.25) is 0 Å². The number of carbonyl (C=O) groups excluding carboxylic acids is 3. The normalized spacial score (nSPS) is 13.9. The maximum atomic E-state index is 12.6. The van der Waals surface area contributed by atoms with Gasteiger partial charge in [-0.05, 0) is 38.5 Å². The predicted octanol–water partition coefficient (Wildman–Crippen LogP) is 7.82. The van der Waals surface area contributed by atoms with Crippen molar-refractivity contribution in [3.8, 4) is 0 Å². The van der Waals surface area contributed by atoms with Crippen LogP contribution in [0.5, 0.6) is 0 Å². The van der Waals surface area contributed by atoms with Gasteiger partial charge in [0.05, 0.1) is 6.61 Å². The molecule has 0 saturated carbocycles. The highest BCUT2D eigenvalue weighted by Crippen LogP contribution is 2.38. The number of hydrogen-bond acceptors (Lipinski definition) is 10. The van der Waals surface area contributed by atoms with Gasteiger partial charge in [-0.25, -0.2) is 0 Å². The van der Waals surface area contributed by atoms with Gasteiger partial charge >= 0.3 is 11.9 Å². The zero-order valence-corrected chi connectivity index (χ0v) is 33.9. The highest BCUT2D eigenvalue weighted by Gasteiger charge is 2.22. The Balaban J connectivity index is 4.38. The molecule has 0 saturated heterocycles. The van der Waals surface area contributed by atoms with Crippen LogP contribution in [-0.2, 0) is 37.5 Å². The molecule has 0 heterocycles. The lowest BCUT2D eigenvalue weighted by atomic mass is 10.0. The van der Waals surface area contributed by atoms with E-state index in [-0.39, 0.29) is 19.4 Å². The highest BCUT2D eigenvalue weighted by molar-refractivity contribution is 7.45. The number of ether oxygens (including phenoxy) is 2. The minimum atomic E-state index is -4.94. The van der Waals surface area contributed by atoms with E-state index in [0.29, 0.717) is 12.8 Å². The van der Waals surface area contributed by atoms with Crippen molar-refractivity contribution in [3.63, 3.8) is 0 Å². The fourth-order valence-corrected chi connectivity index (χ4v) is 6.49. The topological polar surface area (TPSA) is 179 Å². The first kappa shape index (κ1) is 50.2. The SMILES string of the molecule is CCCCCC/C=C\CCCCCCCCCC(=O)O[C@H](COC(=O)CCCCCCCCCCCCCCC)COP(=O)([O-])OC[C@H]([NH3+])C(=O)[O-]. The highest BCUT2D eigenvalue weighted by atomic mass is 31.2. The summed E-state index contributed by atoms with van der Waals surface area (Å²) in [6, 6.07) is -1.42. The van der Waals surface area contributed by atoms with E-state index in [1.807, 2.05) is 0 Å². The third-order valence-corrected chi connectivity index (χ3v) is 9.97. The first-order valence-corrected chi connectivity index (χ1v) is 22.2. The van der Waals surface area contributed by atoms with Crippen molar-refractivity contribution in [2.45, 2.75) is 206 Å². The van der Waals surface area contributed by atoms with Gasteiger partial charge in [0.15, 0.2) is 6.10 Å². The predicted molar refractivity (Wildman–Crippen MR) is 202 cm³/mol. The van der Waals surface area contributed by atoms with Crippen molar-refractivity contribution < 1.29 is 53.2 Å². The molecule has 3 N–H and O–H groups in total. The van der Waals surface area contributed by atoms with E-state index in [9.17, 15) is 28.9 Å². The Morgan fingerprint density at radius 3 is 1.42 bits per heavy atom. The number of carboxylic acid groups (broad SMARTS) is 1. The summed E-state index contributed by atoms with van der Waals surface area (Å²) in [6.45, 7) is 2.69. The van der Waals surface area contributed by atoms with E-state index < -0.39 is 51.1 Å². The van der Waals surface area contributed by atoms with Gasteiger partial charge in [0, 0.05) is 12.8 Å². The van der Waals surface area contributed by atoms with Gasteiger partial charge in [-0.3, -0.25) is 14.2 Å². The number of hydrogen-bond donors (Lipinski definition) is 1. The van der Waals surface area contributed by atoms with Gasteiger partial charge in [0.25, 0.3) is 7.82 Å². The van der Waals surface area contributed by atoms with E-state index in [1.165, 1.54) is 103 Å². The van der Waals surface area contributed by atoms with Gasteiger partial charge in [0.1, 0.15) is 25.2 Å². The number of phosphoric ester groups is 1. The van der Waals surface area contributed by atoms with Gasteiger partial charge in [-0.1, -0.05) is 154 Å². The van der Waals surface area contributed by atoms with Crippen LogP contribution in [0.3, 0.4) is 0 Å². The number of phosphoric acid groups is 1. The van der Waals surface area contributed by atoms with Crippen LogP contribution in [0, 0.1) is 0 Å². The van der Waals surface area contributed by atoms with Gasteiger partial charge in [-0.15, -0.1) is 0 Å². The maximum absolute atomic E-state index is 12.6. The average molecular weight is 761 g/mol. The largest absolute Gasteiger partial charge is 0.756 e. The van der Waals surface area contributed by atoms with Crippen LogP contribution >= 0.6 is 7.82 Å². The van der Waals surface area contributed by atoms with Crippen molar-refractivity contribution >= 4 is 25.7 Å². The van der Waals surface area contributed by atoms with Crippen molar-refractivity contribution in [2.75, 3.05) is 19.8 Å². The summed E-state index contributed by atoms with van der Waals surface area (Å²) in [6.07, 6.45) is 33.9. The Morgan fingerprint density at radius 2 is 0.962 bits per heavy atom. The Kier molecular flexibility index (Phi) is 35.0. The molecule has 0 aliphatic rings. The van der Waals surface area contributed by atoms with Crippen LogP contribution in [0.1, 0.15) is 194 Å². The molecule has 12 heteroatoms. The molecule has 11 nitrogen and oxygen atoms in total. The summed E-state index contributed by atoms with van der Waals surface area (Å²) < 4.78 is 32.3. The van der Waals surface area contributed by atoms with Crippen molar-refractivity contribution in [1.82, 2.24) is 0 Å². The zero-order valence-electron chi connectivity index (χ0n) is 33.0. The van der Waals surface area contributed by atoms with Crippen LogP contribution in [0.25, 0.3) is 0 Å². The molecule has 0 aromatic carbocycles. The van der Waals surface area contributed by atoms with E-state index in [4.69, 9.17) is 14.0 Å². The minimum absolute atomic E-state index is 0.146. The molecule has 52 heavy (non-hydrogen) atoms. The average Bonchev–Trinajstić information content (AvgIpc) is 3.12. The standard InChI is InChI=1S/C40H76NO10P/c1-3-5-7-9-11-13-15-17-18-20-22-24-26-28-30-32-39(43)51-36(34-49-52(46,47)50-35-37(41)40(44)45)33-48-38(42)31-29-27-25-23-21-19-16-14-12-10-8-6-4-2/h13,15,36-37H,3-12,14,16-35,41H2,1-2H3,(H,44,45)(H,46,47)/p-1/b15-13-/t36-,37+/m1/s1. The van der Waals surface area contributed by atoms with Gasteiger partial charge < -0.3 is 39.0 Å². The second-order valence-corrected chi connectivity index (χ2v) is 15.6. The van der Waals surface area contributed by atoms with Crippen molar-refractivity contribution in [2.24, 2.45) is 0 Å². The van der Waals surface area contributed by atoms with Gasteiger partial charge in [0.2, 0.25) is 0 Å². The molecule has 0 rings (SSSR count). The number of carbonyl (C=O) groups is 3. The summed E-state index contributed by atoms with van der Waals surface area (Å²) in [5, 5.41) is 10.8. The van der Waals surface area contributed by atoms with E-state index in [1.54, 1.807) is 0 Å². The molecular weight excluding hydrogens is 685 g/mol. The Bertz CT molecular complexity index is 947. The number of esters is 2. The summed E-state index contributed by atoms with van der Waals surface area (Å²) in [5.41, 5.74) is 3.24. The fourth-order valence-electron chi connectivity index (χ4n) is 5.71. The summed E-state index contributed by atoms with van der Waals surface area (Å²) in [7, 11) is -4.94. The number of allylic oxidation sites excluding steroid dienone is 2. The monoisotopic (exact) mass is 761 g/mol. The smallest absolute Gasteiger partial charge is 0.306 e. The van der Waals surface area contributed by atoms with Crippen LogP contribution < -0.4 is 15.7 Å². The van der Waals surface area contributed by atoms with Crippen LogP contribution in [-0.4, -0.2) is 49.9 Å². The molecule has 0 aliphatic carbocycles. The molecular formula is C40H75NO10P-. The molecule has 0 spiro atoms. The third kappa shape index (κ3) is 35.3. The molecule has 0 aromatic heterocycles. The number of unbranched alkanes of at least 4 members (excludes halogenated alkanes) is 23. The van der Waals surface area contributed by atoms with Crippen LogP contribution in [0.4, 0.5) is 0 Å². The maximum Gasteiger partial charge on any atom is 0.306 e. The number of carboxylic acids is 1. The molecule has 0 aromatic rings. The fraction of sp³-hybridized carbons (Fsp3) is 0.875. The van der Waals surface area contributed by atoms with E-state index in [2.05, 4.69) is 36.3 Å². The summed E-state index contributed by atoms with van der Waals surface area (Å²) in [5.74, 6) is -2.57. The first-order valence-electron chi connectivity index (χ1n) is 20.7. The van der Waals surface area contributed by atoms with Crippen molar-refractivity contribution in [1.29, 1.82) is 0 Å². The summed E-state index contributed by atoms with van der Waals surface area (Å²) in [4.78, 5) is 47.9. The van der Waals surface area contributed by atoms with E-state index >= 15 is 0 Å². The number of aliphatic carboxylic acids is 1. The summed E-state index contributed by atoms with van der Waals surface area (Å²) >= 11 is 0. The second kappa shape index (κ2) is 36.2. The molecule has 306 valence electrons. The quantitative estimate of drug-likeness (QED) is 0.0281. The lowest BCUT2D eigenvalue weighted by Gasteiger charge is -2.26. The molecule has 3 atom stereocenters. The molecule has 0 amide bonds. The molecule has 1 unspecified atom stereocenters. The molecule has 0 bridgehead atoms. The number of quaternary nitrogens is 1. The lowest BCUT2D eigenvalue weighted by molar-refractivity contribution is -0.441.